The topological polar surface area (TPSA) is 20.2 Å². The van der Waals surface area contributed by atoms with Gasteiger partial charge in [-0.3, -0.25) is 0 Å². The van der Waals surface area contributed by atoms with Crippen LogP contribution in [-0.2, 0) is 0 Å². The lowest BCUT2D eigenvalue weighted by Crippen LogP contribution is -2.28. The summed E-state index contributed by atoms with van der Waals surface area (Å²) in [6.45, 7) is 10.1. The van der Waals surface area contributed by atoms with Crippen molar-refractivity contribution in [1.29, 1.82) is 0 Å². The SMILES string of the molecule is CC1(C)[C@@H](C[C@@H]2C[C@@]2(C)CO)C[C@@H]2C[C@@]21C. The smallest absolute Gasteiger partial charge is 0.0487 e. The van der Waals surface area contributed by atoms with Gasteiger partial charge in [-0.05, 0) is 59.7 Å². The highest BCUT2D eigenvalue weighted by molar-refractivity contribution is 5.16. The first-order valence-corrected chi connectivity index (χ1v) is 6.94. The second-order valence-electron chi connectivity index (χ2n) is 7.92. The molecule has 1 heteroatoms. The van der Waals surface area contributed by atoms with Crippen LogP contribution in [0.2, 0.25) is 0 Å². The number of aliphatic hydroxyl groups is 1. The van der Waals surface area contributed by atoms with E-state index in [0.717, 1.165) is 17.8 Å². The lowest BCUT2D eigenvalue weighted by Gasteiger charge is -2.36. The van der Waals surface area contributed by atoms with Gasteiger partial charge in [0.05, 0.1) is 0 Å². The Bertz CT molecular complexity index is 321. The van der Waals surface area contributed by atoms with Crippen molar-refractivity contribution in [2.75, 3.05) is 6.61 Å². The zero-order valence-corrected chi connectivity index (χ0v) is 11.2. The second kappa shape index (κ2) is 2.85. The van der Waals surface area contributed by atoms with Crippen molar-refractivity contribution < 1.29 is 5.11 Å². The summed E-state index contributed by atoms with van der Waals surface area (Å²) >= 11 is 0. The number of hydrogen-bond acceptors (Lipinski definition) is 1. The number of hydrogen-bond donors (Lipinski definition) is 1. The summed E-state index contributed by atoms with van der Waals surface area (Å²) in [5.74, 6) is 2.74. The van der Waals surface area contributed by atoms with E-state index < -0.39 is 0 Å². The highest BCUT2D eigenvalue weighted by atomic mass is 16.3. The minimum atomic E-state index is 0.282. The molecule has 1 N–H and O–H groups in total. The molecule has 0 spiro atoms. The van der Waals surface area contributed by atoms with Crippen LogP contribution in [0.3, 0.4) is 0 Å². The van der Waals surface area contributed by atoms with Gasteiger partial charge in [0.1, 0.15) is 0 Å². The van der Waals surface area contributed by atoms with Crippen molar-refractivity contribution in [1.82, 2.24) is 0 Å². The van der Waals surface area contributed by atoms with Crippen molar-refractivity contribution in [3.8, 4) is 0 Å². The number of rotatable bonds is 3. The molecular formula is C15H26O. The van der Waals surface area contributed by atoms with Crippen LogP contribution in [0.15, 0.2) is 0 Å². The van der Waals surface area contributed by atoms with Crippen LogP contribution >= 0.6 is 0 Å². The molecule has 3 fully saturated rings. The summed E-state index contributed by atoms with van der Waals surface area (Å²) in [7, 11) is 0. The first kappa shape index (κ1) is 11.1. The maximum absolute atomic E-state index is 9.35. The largest absolute Gasteiger partial charge is 0.396 e. The average Bonchev–Trinajstić information content (AvgIpc) is 3.03. The Labute approximate surface area is 99.6 Å². The van der Waals surface area contributed by atoms with E-state index in [9.17, 15) is 5.11 Å². The fourth-order valence-electron chi connectivity index (χ4n) is 4.49. The molecule has 92 valence electrons. The van der Waals surface area contributed by atoms with Crippen LogP contribution in [0.25, 0.3) is 0 Å². The summed E-state index contributed by atoms with van der Waals surface area (Å²) in [6, 6.07) is 0. The zero-order valence-electron chi connectivity index (χ0n) is 11.2. The van der Waals surface area contributed by atoms with Gasteiger partial charge in [0.25, 0.3) is 0 Å². The van der Waals surface area contributed by atoms with Crippen LogP contribution < -0.4 is 0 Å². The van der Waals surface area contributed by atoms with Gasteiger partial charge in [-0.2, -0.15) is 0 Å². The zero-order chi connectivity index (χ0) is 11.8. The van der Waals surface area contributed by atoms with E-state index in [1.165, 1.54) is 25.7 Å². The minimum absolute atomic E-state index is 0.282. The average molecular weight is 222 g/mol. The lowest BCUT2D eigenvalue weighted by atomic mass is 9.69. The molecule has 5 atom stereocenters. The molecule has 3 rings (SSSR count). The third kappa shape index (κ3) is 1.21. The molecule has 3 aliphatic carbocycles. The summed E-state index contributed by atoms with van der Waals surface area (Å²) in [5, 5.41) is 9.35. The van der Waals surface area contributed by atoms with Crippen LogP contribution in [0.1, 0.15) is 53.4 Å². The van der Waals surface area contributed by atoms with Crippen molar-refractivity contribution >= 4 is 0 Å². The Kier molecular flexibility index (Phi) is 1.98. The highest BCUT2D eigenvalue weighted by Gasteiger charge is 2.68. The summed E-state index contributed by atoms with van der Waals surface area (Å²) < 4.78 is 0. The molecule has 0 heterocycles. The standard InChI is InChI=1S/C15H26O/c1-13(2)10(6-12-8-15(12,13)4)5-11-7-14(11,3)9-16/h10-12,16H,5-9H2,1-4H3/t10-,11+,12+,14-,15-/m0/s1. The van der Waals surface area contributed by atoms with E-state index in [1.807, 2.05) is 0 Å². The Balaban J connectivity index is 1.66. The lowest BCUT2D eigenvalue weighted by molar-refractivity contribution is 0.126. The van der Waals surface area contributed by atoms with Crippen LogP contribution in [0.5, 0.6) is 0 Å². The van der Waals surface area contributed by atoms with E-state index in [1.54, 1.807) is 0 Å². The van der Waals surface area contributed by atoms with Gasteiger partial charge in [-0.1, -0.05) is 27.7 Å². The van der Waals surface area contributed by atoms with Crippen LogP contribution in [-0.4, -0.2) is 11.7 Å². The molecule has 0 aromatic rings. The van der Waals surface area contributed by atoms with E-state index in [0.29, 0.717) is 17.4 Å². The molecule has 16 heavy (non-hydrogen) atoms. The van der Waals surface area contributed by atoms with Crippen molar-refractivity contribution in [3.05, 3.63) is 0 Å². The summed E-state index contributed by atoms with van der Waals surface area (Å²) in [6.07, 6.45) is 5.56. The normalized spacial score (nSPS) is 57.2. The van der Waals surface area contributed by atoms with Crippen LogP contribution in [0, 0.1) is 34.0 Å². The molecule has 0 aliphatic heterocycles. The molecule has 1 nitrogen and oxygen atoms in total. The monoisotopic (exact) mass is 222 g/mol. The van der Waals surface area contributed by atoms with Crippen molar-refractivity contribution in [2.45, 2.75) is 53.4 Å². The minimum Gasteiger partial charge on any atom is -0.396 e. The van der Waals surface area contributed by atoms with Crippen LogP contribution in [0.4, 0.5) is 0 Å². The molecular weight excluding hydrogens is 196 g/mol. The highest BCUT2D eigenvalue weighted by Crippen LogP contribution is 2.75. The number of fused-ring (bicyclic) bond motifs is 1. The summed E-state index contributed by atoms with van der Waals surface area (Å²) in [5.41, 5.74) is 1.47. The molecule has 0 unspecified atom stereocenters. The molecule has 0 bridgehead atoms. The first-order valence-electron chi connectivity index (χ1n) is 6.94. The van der Waals surface area contributed by atoms with Gasteiger partial charge < -0.3 is 5.11 Å². The van der Waals surface area contributed by atoms with Crippen molar-refractivity contribution in [2.24, 2.45) is 34.0 Å². The molecule has 0 radical (unpaired) electrons. The van der Waals surface area contributed by atoms with Gasteiger partial charge in [-0.25, -0.2) is 0 Å². The summed E-state index contributed by atoms with van der Waals surface area (Å²) in [4.78, 5) is 0. The molecule has 0 aromatic heterocycles. The van der Waals surface area contributed by atoms with E-state index >= 15 is 0 Å². The third-order valence-corrected chi connectivity index (χ3v) is 6.94. The van der Waals surface area contributed by atoms with Gasteiger partial charge in [-0.15, -0.1) is 0 Å². The fourth-order valence-corrected chi connectivity index (χ4v) is 4.49. The number of aliphatic hydroxyl groups excluding tert-OH is 1. The Morgan fingerprint density at radius 3 is 2.19 bits per heavy atom. The van der Waals surface area contributed by atoms with Gasteiger partial charge in [0.15, 0.2) is 0 Å². The Morgan fingerprint density at radius 1 is 1.06 bits per heavy atom. The fraction of sp³-hybridized carbons (Fsp3) is 1.00. The van der Waals surface area contributed by atoms with Gasteiger partial charge in [0.2, 0.25) is 0 Å². The maximum Gasteiger partial charge on any atom is 0.0487 e. The molecule has 0 aromatic carbocycles. The van der Waals surface area contributed by atoms with Crippen molar-refractivity contribution in [3.63, 3.8) is 0 Å². The predicted octanol–water partition coefficient (Wildman–Crippen LogP) is 3.47. The molecule has 3 aliphatic rings. The van der Waals surface area contributed by atoms with Gasteiger partial charge >= 0.3 is 0 Å². The Hall–Kier alpha value is -0.0400. The van der Waals surface area contributed by atoms with E-state index in [-0.39, 0.29) is 5.41 Å². The van der Waals surface area contributed by atoms with Gasteiger partial charge in [0, 0.05) is 6.61 Å². The predicted molar refractivity (Wildman–Crippen MR) is 66.0 cm³/mol. The van der Waals surface area contributed by atoms with E-state index in [2.05, 4.69) is 27.7 Å². The third-order valence-electron chi connectivity index (χ3n) is 6.94. The molecule has 0 saturated heterocycles. The van der Waals surface area contributed by atoms with E-state index in [4.69, 9.17) is 0 Å². The molecule has 3 saturated carbocycles. The first-order chi connectivity index (χ1) is 7.33. The quantitative estimate of drug-likeness (QED) is 0.775. The maximum atomic E-state index is 9.35. The second-order valence-corrected chi connectivity index (χ2v) is 7.92. The molecule has 0 amide bonds. The Morgan fingerprint density at radius 2 is 1.75 bits per heavy atom.